The highest BCUT2D eigenvalue weighted by atomic mass is 16.2. The maximum absolute atomic E-state index is 13.4. The Bertz CT molecular complexity index is 1430. The van der Waals surface area contributed by atoms with Crippen LogP contribution in [0.1, 0.15) is 21.7 Å². The van der Waals surface area contributed by atoms with Gasteiger partial charge in [-0.2, -0.15) is 0 Å². The van der Waals surface area contributed by atoms with E-state index in [1.165, 1.54) is 4.57 Å². The van der Waals surface area contributed by atoms with E-state index in [4.69, 9.17) is 0 Å². The molecule has 0 radical (unpaired) electrons. The molecule has 9 nitrogen and oxygen atoms in total. The van der Waals surface area contributed by atoms with Crippen LogP contribution in [0.5, 0.6) is 0 Å². The Labute approximate surface area is 208 Å². The van der Waals surface area contributed by atoms with Gasteiger partial charge in [0.15, 0.2) is 11.3 Å². The van der Waals surface area contributed by atoms with Gasteiger partial charge in [-0.3, -0.25) is 23.9 Å². The van der Waals surface area contributed by atoms with Crippen LogP contribution in [0.3, 0.4) is 0 Å². The first-order valence-electron chi connectivity index (χ1n) is 12.0. The predicted octanol–water partition coefficient (Wildman–Crippen LogP) is 1.96. The van der Waals surface area contributed by atoms with E-state index in [-0.39, 0.29) is 18.0 Å². The minimum absolute atomic E-state index is 0.0287. The normalized spacial score (nSPS) is 13.7. The molecule has 0 N–H and O–H groups in total. The summed E-state index contributed by atoms with van der Waals surface area (Å²) in [5.74, 6) is -0.449. The van der Waals surface area contributed by atoms with Gasteiger partial charge in [0.05, 0.1) is 6.42 Å². The molecule has 0 spiro atoms. The molecule has 1 aromatic carbocycles. The van der Waals surface area contributed by atoms with Crippen molar-refractivity contribution < 1.29 is 9.59 Å². The number of piperazine rings is 1. The lowest BCUT2D eigenvalue weighted by Gasteiger charge is -2.34. The Morgan fingerprint density at radius 1 is 0.806 bits per heavy atom. The van der Waals surface area contributed by atoms with Gasteiger partial charge >= 0.3 is 0 Å². The second-order valence-corrected chi connectivity index (χ2v) is 8.67. The largest absolute Gasteiger partial charge is 0.339 e. The number of hydrogen-bond donors (Lipinski definition) is 0. The van der Waals surface area contributed by atoms with Gasteiger partial charge in [-0.05, 0) is 36.2 Å². The van der Waals surface area contributed by atoms with Crippen LogP contribution < -0.4 is 5.56 Å². The summed E-state index contributed by atoms with van der Waals surface area (Å²) in [5, 5.41) is 0. The van der Waals surface area contributed by atoms with Crippen molar-refractivity contribution in [2.45, 2.75) is 19.4 Å². The van der Waals surface area contributed by atoms with Gasteiger partial charge in [0.2, 0.25) is 5.91 Å². The van der Waals surface area contributed by atoms with E-state index in [0.717, 1.165) is 5.56 Å². The SMILES string of the molecule is O=C(Cc1ccccn1)N1CCN(C(=O)c2nc3cccnc3n(CCc3ccccc3)c2=O)CC1. The number of carbonyl (C=O) groups excluding carboxylic acids is 2. The molecule has 0 unspecified atom stereocenters. The Kier molecular flexibility index (Phi) is 6.79. The zero-order chi connectivity index (χ0) is 24.9. The van der Waals surface area contributed by atoms with Gasteiger partial charge < -0.3 is 9.80 Å². The fourth-order valence-corrected chi connectivity index (χ4v) is 4.39. The monoisotopic (exact) mass is 482 g/mol. The lowest BCUT2D eigenvalue weighted by Crippen LogP contribution is -2.52. The standard InChI is InChI=1S/C27H26N6O3/c34-23(19-21-9-4-5-12-28-21)31-15-17-32(18-16-31)26(35)24-27(36)33(14-11-20-7-2-1-3-8-20)25-22(30-24)10-6-13-29-25/h1-10,12-13H,11,14-19H2. The lowest BCUT2D eigenvalue weighted by molar-refractivity contribution is -0.132. The number of pyridine rings is 2. The fraction of sp³-hybridized carbons (Fsp3) is 0.259. The molecule has 5 rings (SSSR count). The third kappa shape index (κ3) is 5.00. The van der Waals surface area contributed by atoms with E-state index in [0.29, 0.717) is 56.0 Å². The van der Waals surface area contributed by atoms with Gasteiger partial charge in [-0.15, -0.1) is 0 Å². The number of aromatic nitrogens is 4. The van der Waals surface area contributed by atoms with Crippen molar-refractivity contribution >= 4 is 23.0 Å². The summed E-state index contributed by atoms with van der Waals surface area (Å²) in [6, 6.07) is 18.8. The van der Waals surface area contributed by atoms with Crippen LogP contribution in [0.15, 0.2) is 77.9 Å². The molecule has 3 aromatic heterocycles. The van der Waals surface area contributed by atoms with Crippen LogP contribution in [-0.4, -0.2) is 67.3 Å². The highest BCUT2D eigenvalue weighted by molar-refractivity contribution is 5.93. The molecule has 1 fully saturated rings. The third-order valence-electron chi connectivity index (χ3n) is 6.35. The summed E-state index contributed by atoms with van der Waals surface area (Å²) in [6.07, 6.45) is 4.13. The van der Waals surface area contributed by atoms with E-state index >= 15 is 0 Å². The van der Waals surface area contributed by atoms with E-state index in [9.17, 15) is 14.4 Å². The molecule has 1 aliphatic rings. The van der Waals surface area contributed by atoms with Crippen LogP contribution in [0, 0.1) is 0 Å². The molecular weight excluding hydrogens is 456 g/mol. The van der Waals surface area contributed by atoms with Crippen LogP contribution in [0.4, 0.5) is 0 Å². The summed E-state index contributed by atoms with van der Waals surface area (Å²) >= 11 is 0. The van der Waals surface area contributed by atoms with Crippen LogP contribution >= 0.6 is 0 Å². The smallest absolute Gasteiger partial charge is 0.283 e. The number of amides is 2. The Morgan fingerprint density at radius 2 is 1.53 bits per heavy atom. The molecule has 0 atom stereocenters. The van der Waals surface area contributed by atoms with Crippen molar-refractivity contribution in [2.75, 3.05) is 26.2 Å². The lowest BCUT2D eigenvalue weighted by atomic mass is 10.1. The Morgan fingerprint density at radius 3 is 2.28 bits per heavy atom. The highest BCUT2D eigenvalue weighted by Gasteiger charge is 2.28. The van der Waals surface area contributed by atoms with Crippen LogP contribution in [0.2, 0.25) is 0 Å². The molecule has 9 heteroatoms. The number of aryl methyl sites for hydroxylation is 2. The molecular formula is C27H26N6O3. The van der Waals surface area contributed by atoms with E-state index < -0.39 is 11.5 Å². The maximum Gasteiger partial charge on any atom is 0.283 e. The van der Waals surface area contributed by atoms with Crippen molar-refractivity contribution in [1.29, 1.82) is 0 Å². The molecule has 0 bridgehead atoms. The molecule has 182 valence electrons. The average Bonchev–Trinajstić information content (AvgIpc) is 2.93. The number of nitrogens with zero attached hydrogens (tertiary/aromatic N) is 6. The zero-order valence-corrected chi connectivity index (χ0v) is 19.8. The van der Waals surface area contributed by atoms with Gasteiger partial charge in [0.25, 0.3) is 11.5 Å². The third-order valence-corrected chi connectivity index (χ3v) is 6.35. The number of benzene rings is 1. The first-order valence-corrected chi connectivity index (χ1v) is 12.0. The van der Waals surface area contributed by atoms with E-state index in [1.807, 2.05) is 48.5 Å². The van der Waals surface area contributed by atoms with Gasteiger partial charge in [0, 0.05) is 50.8 Å². The first kappa shape index (κ1) is 23.3. The number of rotatable bonds is 6. The quantitative estimate of drug-likeness (QED) is 0.416. The summed E-state index contributed by atoms with van der Waals surface area (Å²) in [7, 11) is 0. The van der Waals surface area contributed by atoms with Gasteiger partial charge in [0.1, 0.15) is 5.52 Å². The molecule has 0 saturated carbocycles. The molecule has 4 heterocycles. The van der Waals surface area contributed by atoms with E-state index in [1.54, 1.807) is 34.3 Å². The Balaban J connectivity index is 1.32. The first-order chi connectivity index (χ1) is 17.6. The van der Waals surface area contributed by atoms with Gasteiger partial charge in [-0.1, -0.05) is 36.4 Å². The summed E-state index contributed by atoms with van der Waals surface area (Å²) in [4.78, 5) is 55.7. The molecule has 0 aliphatic carbocycles. The molecule has 4 aromatic rings. The predicted molar refractivity (Wildman–Crippen MR) is 134 cm³/mol. The molecule has 1 saturated heterocycles. The number of fused-ring (bicyclic) bond motifs is 1. The second-order valence-electron chi connectivity index (χ2n) is 8.67. The highest BCUT2D eigenvalue weighted by Crippen LogP contribution is 2.12. The second kappa shape index (κ2) is 10.5. The molecule has 36 heavy (non-hydrogen) atoms. The number of hydrogen-bond acceptors (Lipinski definition) is 6. The zero-order valence-electron chi connectivity index (χ0n) is 19.8. The minimum Gasteiger partial charge on any atom is -0.339 e. The van der Waals surface area contributed by atoms with Crippen molar-refractivity contribution in [3.05, 3.63) is 100 Å². The van der Waals surface area contributed by atoms with Crippen molar-refractivity contribution in [2.24, 2.45) is 0 Å². The van der Waals surface area contributed by atoms with Crippen molar-refractivity contribution in [3.63, 3.8) is 0 Å². The van der Waals surface area contributed by atoms with Crippen LogP contribution in [0.25, 0.3) is 11.2 Å². The molecule has 2 amide bonds. The topological polar surface area (TPSA) is 101 Å². The minimum atomic E-state index is -0.448. The van der Waals surface area contributed by atoms with Crippen molar-refractivity contribution in [3.8, 4) is 0 Å². The number of carbonyl (C=O) groups is 2. The average molecular weight is 483 g/mol. The van der Waals surface area contributed by atoms with E-state index in [2.05, 4.69) is 15.0 Å². The van der Waals surface area contributed by atoms with Gasteiger partial charge in [-0.25, -0.2) is 9.97 Å². The Hall–Kier alpha value is -4.40. The summed E-state index contributed by atoms with van der Waals surface area (Å²) < 4.78 is 1.54. The maximum atomic E-state index is 13.4. The van der Waals surface area contributed by atoms with Crippen molar-refractivity contribution in [1.82, 2.24) is 29.3 Å². The summed E-state index contributed by atoms with van der Waals surface area (Å²) in [5.41, 5.74) is 2.20. The van der Waals surface area contributed by atoms with Crippen LogP contribution in [-0.2, 0) is 24.2 Å². The summed E-state index contributed by atoms with van der Waals surface area (Å²) in [6.45, 7) is 1.85. The fourth-order valence-electron chi connectivity index (χ4n) is 4.39. The molecule has 1 aliphatic heterocycles.